The van der Waals surface area contributed by atoms with Gasteiger partial charge in [-0.3, -0.25) is 9.78 Å². The highest BCUT2D eigenvalue weighted by molar-refractivity contribution is 7.11. The van der Waals surface area contributed by atoms with Crippen LogP contribution in [0.5, 0.6) is 0 Å². The molecule has 0 aromatic carbocycles. The van der Waals surface area contributed by atoms with Crippen molar-refractivity contribution in [2.24, 2.45) is 5.92 Å². The normalized spacial score (nSPS) is 20.2. The zero-order valence-electron chi connectivity index (χ0n) is 10.2. The number of carbonyl (C=O) groups is 1. The molecule has 2 rings (SSSR count). The van der Waals surface area contributed by atoms with Crippen LogP contribution in [0.1, 0.15) is 29.4 Å². The lowest BCUT2D eigenvalue weighted by Gasteiger charge is -2.29. The summed E-state index contributed by atoms with van der Waals surface area (Å²) in [4.78, 5) is 18.8. The van der Waals surface area contributed by atoms with Gasteiger partial charge < -0.3 is 10.2 Å². The van der Waals surface area contributed by atoms with E-state index in [4.69, 9.17) is 0 Å². The maximum absolute atomic E-state index is 12.2. The molecule has 1 saturated heterocycles. The van der Waals surface area contributed by atoms with E-state index in [0.29, 0.717) is 5.92 Å². The SMILES string of the molecule is CCN(CC1CCCNC1)C(=O)c1cncs1. The van der Waals surface area contributed by atoms with E-state index in [1.165, 1.54) is 24.2 Å². The van der Waals surface area contributed by atoms with Crippen molar-refractivity contribution in [1.29, 1.82) is 0 Å². The Labute approximate surface area is 106 Å². The molecular formula is C12H19N3OS. The molecule has 1 atom stereocenters. The van der Waals surface area contributed by atoms with Gasteiger partial charge in [0, 0.05) is 13.1 Å². The van der Waals surface area contributed by atoms with Crippen molar-refractivity contribution < 1.29 is 4.79 Å². The second-order valence-electron chi connectivity index (χ2n) is 4.42. The Balaban J connectivity index is 1.93. The van der Waals surface area contributed by atoms with E-state index in [2.05, 4.69) is 10.3 Å². The maximum Gasteiger partial charge on any atom is 0.265 e. The number of nitrogens with zero attached hydrogens (tertiary/aromatic N) is 2. The van der Waals surface area contributed by atoms with Crippen LogP contribution in [-0.4, -0.2) is 42.0 Å². The number of thiazole rings is 1. The largest absolute Gasteiger partial charge is 0.338 e. The van der Waals surface area contributed by atoms with E-state index in [-0.39, 0.29) is 5.91 Å². The van der Waals surface area contributed by atoms with Crippen LogP contribution in [0.15, 0.2) is 11.7 Å². The van der Waals surface area contributed by atoms with Crippen molar-refractivity contribution in [3.63, 3.8) is 0 Å². The minimum absolute atomic E-state index is 0.126. The molecule has 0 spiro atoms. The molecule has 2 heterocycles. The minimum Gasteiger partial charge on any atom is -0.338 e. The number of hydrogen-bond acceptors (Lipinski definition) is 4. The Kier molecular flexibility index (Phi) is 4.50. The standard InChI is InChI=1S/C12H19N3OS/c1-2-15(8-10-4-3-5-13-6-10)12(16)11-7-14-9-17-11/h7,9-10,13H,2-6,8H2,1H3. The summed E-state index contributed by atoms with van der Waals surface area (Å²) in [5.41, 5.74) is 1.71. The van der Waals surface area contributed by atoms with Gasteiger partial charge in [0.05, 0.1) is 11.7 Å². The van der Waals surface area contributed by atoms with Crippen LogP contribution < -0.4 is 5.32 Å². The van der Waals surface area contributed by atoms with Gasteiger partial charge in [0.1, 0.15) is 4.88 Å². The predicted molar refractivity (Wildman–Crippen MR) is 69.3 cm³/mol. The Morgan fingerprint density at radius 3 is 3.18 bits per heavy atom. The molecule has 0 bridgehead atoms. The van der Waals surface area contributed by atoms with Gasteiger partial charge in [-0.05, 0) is 38.8 Å². The van der Waals surface area contributed by atoms with Crippen LogP contribution in [0.2, 0.25) is 0 Å². The van der Waals surface area contributed by atoms with E-state index < -0.39 is 0 Å². The van der Waals surface area contributed by atoms with Crippen molar-refractivity contribution in [2.75, 3.05) is 26.2 Å². The molecule has 1 fully saturated rings. The van der Waals surface area contributed by atoms with E-state index in [1.807, 2.05) is 11.8 Å². The third-order valence-electron chi connectivity index (χ3n) is 3.19. The summed E-state index contributed by atoms with van der Waals surface area (Å²) in [6, 6.07) is 0. The van der Waals surface area contributed by atoms with Crippen LogP contribution >= 0.6 is 11.3 Å². The second-order valence-corrected chi connectivity index (χ2v) is 5.31. The van der Waals surface area contributed by atoms with Gasteiger partial charge in [-0.15, -0.1) is 11.3 Å². The highest BCUT2D eigenvalue weighted by Gasteiger charge is 2.21. The first-order valence-corrected chi connectivity index (χ1v) is 7.07. The molecule has 4 nitrogen and oxygen atoms in total. The van der Waals surface area contributed by atoms with E-state index in [0.717, 1.165) is 31.1 Å². The third-order valence-corrected chi connectivity index (χ3v) is 3.95. The number of hydrogen-bond donors (Lipinski definition) is 1. The first-order valence-electron chi connectivity index (χ1n) is 6.19. The van der Waals surface area contributed by atoms with E-state index >= 15 is 0 Å². The van der Waals surface area contributed by atoms with Gasteiger partial charge in [0.2, 0.25) is 0 Å². The fourth-order valence-electron chi connectivity index (χ4n) is 2.22. The first kappa shape index (κ1) is 12.5. The van der Waals surface area contributed by atoms with E-state index in [9.17, 15) is 4.79 Å². The molecule has 1 amide bonds. The summed E-state index contributed by atoms with van der Waals surface area (Å²) in [7, 11) is 0. The summed E-state index contributed by atoms with van der Waals surface area (Å²) in [6.45, 7) is 5.82. The molecule has 0 aliphatic carbocycles. The summed E-state index contributed by atoms with van der Waals surface area (Å²) < 4.78 is 0. The van der Waals surface area contributed by atoms with Crippen molar-refractivity contribution in [2.45, 2.75) is 19.8 Å². The van der Waals surface area contributed by atoms with Gasteiger partial charge in [-0.1, -0.05) is 0 Å². The molecule has 1 aromatic rings. The highest BCUT2D eigenvalue weighted by Crippen LogP contribution is 2.15. The van der Waals surface area contributed by atoms with E-state index in [1.54, 1.807) is 11.7 Å². The van der Waals surface area contributed by atoms with Gasteiger partial charge in [0.15, 0.2) is 0 Å². The average molecular weight is 253 g/mol. The number of amides is 1. The number of piperidine rings is 1. The predicted octanol–water partition coefficient (Wildman–Crippen LogP) is 1.60. The fraction of sp³-hybridized carbons (Fsp3) is 0.667. The smallest absolute Gasteiger partial charge is 0.265 e. The molecule has 0 saturated carbocycles. The molecule has 94 valence electrons. The number of carbonyl (C=O) groups excluding carboxylic acids is 1. The lowest BCUT2D eigenvalue weighted by Crippen LogP contribution is -2.40. The van der Waals surface area contributed by atoms with Crippen molar-refractivity contribution in [1.82, 2.24) is 15.2 Å². The number of rotatable bonds is 4. The van der Waals surface area contributed by atoms with Crippen molar-refractivity contribution in [3.05, 3.63) is 16.6 Å². The molecule has 5 heteroatoms. The molecular weight excluding hydrogens is 234 g/mol. The van der Waals surface area contributed by atoms with Crippen LogP contribution in [0.4, 0.5) is 0 Å². The Hall–Kier alpha value is -0.940. The molecule has 1 unspecified atom stereocenters. The second kappa shape index (κ2) is 6.12. The lowest BCUT2D eigenvalue weighted by molar-refractivity contribution is 0.0733. The van der Waals surface area contributed by atoms with Crippen LogP contribution in [0, 0.1) is 5.92 Å². The number of aromatic nitrogens is 1. The lowest BCUT2D eigenvalue weighted by atomic mass is 9.99. The van der Waals surface area contributed by atoms with Crippen molar-refractivity contribution >= 4 is 17.2 Å². The zero-order valence-corrected chi connectivity index (χ0v) is 11.0. The maximum atomic E-state index is 12.2. The third kappa shape index (κ3) is 3.26. The van der Waals surface area contributed by atoms with Gasteiger partial charge in [0.25, 0.3) is 5.91 Å². The van der Waals surface area contributed by atoms with Gasteiger partial charge in [-0.2, -0.15) is 0 Å². The fourth-order valence-corrected chi connectivity index (χ4v) is 2.81. The molecule has 1 N–H and O–H groups in total. The summed E-state index contributed by atoms with van der Waals surface area (Å²) in [5, 5.41) is 3.39. The quantitative estimate of drug-likeness (QED) is 0.886. The molecule has 0 radical (unpaired) electrons. The van der Waals surface area contributed by atoms with Crippen molar-refractivity contribution in [3.8, 4) is 0 Å². The Morgan fingerprint density at radius 2 is 2.59 bits per heavy atom. The van der Waals surface area contributed by atoms with Gasteiger partial charge in [-0.25, -0.2) is 0 Å². The minimum atomic E-state index is 0.126. The van der Waals surface area contributed by atoms with Crippen LogP contribution in [0.25, 0.3) is 0 Å². The first-order chi connectivity index (χ1) is 8.31. The summed E-state index contributed by atoms with van der Waals surface area (Å²) in [6.07, 6.45) is 4.10. The zero-order chi connectivity index (χ0) is 12.1. The molecule has 1 aromatic heterocycles. The Bertz CT molecular complexity index is 347. The Morgan fingerprint density at radius 1 is 1.71 bits per heavy atom. The number of nitrogens with one attached hydrogen (secondary N) is 1. The molecule has 1 aliphatic heterocycles. The monoisotopic (exact) mass is 253 g/mol. The average Bonchev–Trinajstić information content (AvgIpc) is 2.90. The van der Waals surface area contributed by atoms with Crippen LogP contribution in [0.3, 0.4) is 0 Å². The molecule has 1 aliphatic rings. The van der Waals surface area contributed by atoms with Gasteiger partial charge >= 0.3 is 0 Å². The topological polar surface area (TPSA) is 45.2 Å². The molecule has 17 heavy (non-hydrogen) atoms. The summed E-state index contributed by atoms with van der Waals surface area (Å²) >= 11 is 1.42. The highest BCUT2D eigenvalue weighted by atomic mass is 32.1. The van der Waals surface area contributed by atoms with Crippen LogP contribution in [-0.2, 0) is 0 Å². The summed E-state index contributed by atoms with van der Waals surface area (Å²) in [5.74, 6) is 0.723.